The van der Waals surface area contributed by atoms with Crippen molar-refractivity contribution in [3.8, 4) is 0 Å². The highest BCUT2D eigenvalue weighted by Crippen LogP contribution is 2.01. The molecule has 0 aliphatic heterocycles. The van der Waals surface area contributed by atoms with Crippen molar-refractivity contribution < 1.29 is 9.59 Å². The first kappa shape index (κ1) is 16.6. The number of nitrogens with zero attached hydrogens (tertiary/aromatic N) is 3. The van der Waals surface area contributed by atoms with E-state index < -0.39 is 11.8 Å². The molecule has 0 aromatic carbocycles. The third-order valence-electron chi connectivity index (χ3n) is 3.46. The van der Waals surface area contributed by atoms with Crippen LogP contribution in [-0.2, 0) is 22.6 Å². The Morgan fingerprint density at radius 2 is 1.87 bits per heavy atom. The molecule has 23 heavy (non-hydrogen) atoms. The lowest BCUT2D eigenvalue weighted by atomic mass is 10.2. The molecule has 2 rings (SSSR count). The highest BCUT2D eigenvalue weighted by molar-refractivity contribution is 6.34. The van der Waals surface area contributed by atoms with E-state index in [9.17, 15) is 9.59 Å². The van der Waals surface area contributed by atoms with Crippen molar-refractivity contribution >= 4 is 11.8 Å². The molecule has 6 nitrogen and oxygen atoms in total. The molecular weight excluding hydrogens is 292 g/mol. The van der Waals surface area contributed by atoms with Crippen molar-refractivity contribution in [3.05, 3.63) is 60.2 Å². The zero-order chi connectivity index (χ0) is 16.5. The summed E-state index contributed by atoms with van der Waals surface area (Å²) >= 11 is 0. The van der Waals surface area contributed by atoms with E-state index in [-0.39, 0.29) is 0 Å². The summed E-state index contributed by atoms with van der Waals surface area (Å²) < 4.78 is 0. The van der Waals surface area contributed by atoms with Gasteiger partial charge in [0.25, 0.3) is 0 Å². The maximum absolute atomic E-state index is 12.2. The lowest BCUT2D eigenvalue weighted by molar-refractivity contribution is -0.145. The predicted octanol–water partition coefficient (Wildman–Crippen LogP) is 1.18. The van der Waals surface area contributed by atoms with Crippen LogP contribution in [0.25, 0.3) is 0 Å². The number of likely N-dealkylation sites (N-methyl/N-ethyl adjacent to an activating group) is 1. The molecule has 2 heterocycles. The molecule has 0 saturated heterocycles. The van der Waals surface area contributed by atoms with E-state index in [1.807, 2.05) is 25.1 Å². The summed E-state index contributed by atoms with van der Waals surface area (Å²) in [6.07, 6.45) is 7.44. The molecule has 0 bridgehead atoms. The summed E-state index contributed by atoms with van der Waals surface area (Å²) in [5.41, 5.74) is 1.94. The minimum Gasteiger partial charge on any atom is -0.344 e. The Labute approximate surface area is 135 Å². The van der Waals surface area contributed by atoms with Gasteiger partial charge >= 0.3 is 11.8 Å². The van der Waals surface area contributed by atoms with Crippen LogP contribution >= 0.6 is 0 Å². The zero-order valence-corrected chi connectivity index (χ0v) is 13.1. The number of rotatable bonds is 6. The Balaban J connectivity index is 1.84. The Hall–Kier alpha value is -2.76. The van der Waals surface area contributed by atoms with Crippen molar-refractivity contribution in [1.82, 2.24) is 20.2 Å². The first-order chi connectivity index (χ1) is 11.2. The van der Waals surface area contributed by atoms with E-state index >= 15 is 0 Å². The molecule has 0 aliphatic carbocycles. The average molecular weight is 312 g/mol. The number of carbonyl (C=O) groups excluding carboxylic acids is 2. The molecule has 6 heteroatoms. The van der Waals surface area contributed by atoms with E-state index in [0.717, 1.165) is 11.1 Å². The Morgan fingerprint density at radius 1 is 1.09 bits per heavy atom. The molecular formula is C17H20N4O2. The summed E-state index contributed by atoms with van der Waals surface area (Å²) in [6.45, 7) is 3.14. The van der Waals surface area contributed by atoms with E-state index in [1.54, 1.807) is 35.8 Å². The van der Waals surface area contributed by atoms with Crippen molar-refractivity contribution in [1.29, 1.82) is 0 Å². The second-order valence-corrected chi connectivity index (χ2v) is 5.03. The smallest absolute Gasteiger partial charge is 0.311 e. The van der Waals surface area contributed by atoms with Gasteiger partial charge < -0.3 is 10.2 Å². The lowest BCUT2D eigenvalue weighted by Gasteiger charge is -2.20. The average Bonchev–Trinajstić information content (AvgIpc) is 2.61. The Kier molecular flexibility index (Phi) is 6.23. The standard InChI is InChI=1S/C17H20N4O2/c1-2-21(11-7-14-5-9-18-10-6-14)17(23)16(22)20-13-15-4-3-8-19-12-15/h3-6,8-10,12H,2,7,11,13H2,1H3,(H,20,22). The fourth-order valence-electron chi connectivity index (χ4n) is 2.12. The third-order valence-corrected chi connectivity index (χ3v) is 3.46. The minimum absolute atomic E-state index is 0.292. The molecule has 0 saturated carbocycles. The van der Waals surface area contributed by atoms with Crippen molar-refractivity contribution in [2.45, 2.75) is 19.9 Å². The molecule has 2 aromatic rings. The number of nitrogens with one attached hydrogen (secondary N) is 1. The summed E-state index contributed by atoms with van der Waals surface area (Å²) in [5, 5.41) is 2.63. The molecule has 120 valence electrons. The quantitative estimate of drug-likeness (QED) is 0.813. The molecule has 0 spiro atoms. The first-order valence-corrected chi connectivity index (χ1v) is 7.55. The van der Waals surface area contributed by atoms with Gasteiger partial charge in [-0.3, -0.25) is 19.6 Å². The molecule has 0 unspecified atom stereocenters. The summed E-state index contributed by atoms with van der Waals surface area (Å²) in [5.74, 6) is -1.10. The van der Waals surface area contributed by atoms with Gasteiger partial charge in [0.1, 0.15) is 0 Å². The van der Waals surface area contributed by atoms with Gasteiger partial charge in [0.05, 0.1) is 0 Å². The van der Waals surface area contributed by atoms with E-state index in [2.05, 4.69) is 15.3 Å². The number of hydrogen-bond acceptors (Lipinski definition) is 4. The molecule has 0 atom stereocenters. The number of pyridine rings is 2. The monoisotopic (exact) mass is 312 g/mol. The predicted molar refractivity (Wildman–Crippen MR) is 86.3 cm³/mol. The van der Waals surface area contributed by atoms with Crippen LogP contribution in [0.5, 0.6) is 0 Å². The number of aromatic nitrogens is 2. The van der Waals surface area contributed by atoms with Gasteiger partial charge in [0.2, 0.25) is 0 Å². The first-order valence-electron chi connectivity index (χ1n) is 7.55. The van der Waals surface area contributed by atoms with E-state index in [0.29, 0.717) is 26.1 Å². The van der Waals surface area contributed by atoms with Crippen LogP contribution in [0, 0.1) is 0 Å². The number of hydrogen-bond donors (Lipinski definition) is 1. The zero-order valence-electron chi connectivity index (χ0n) is 13.1. The fourth-order valence-corrected chi connectivity index (χ4v) is 2.12. The molecule has 0 aliphatic rings. The van der Waals surface area contributed by atoms with Crippen LogP contribution < -0.4 is 5.32 Å². The summed E-state index contributed by atoms with van der Waals surface area (Å²) in [7, 11) is 0. The molecule has 2 aromatic heterocycles. The van der Waals surface area contributed by atoms with Gasteiger partial charge in [-0.25, -0.2) is 0 Å². The number of carbonyl (C=O) groups is 2. The van der Waals surface area contributed by atoms with Gasteiger partial charge in [-0.1, -0.05) is 6.07 Å². The SMILES string of the molecule is CCN(CCc1ccncc1)C(=O)C(=O)NCc1cccnc1. The topological polar surface area (TPSA) is 75.2 Å². The van der Waals surface area contributed by atoms with E-state index in [1.165, 1.54) is 0 Å². The van der Waals surface area contributed by atoms with Crippen LogP contribution in [0.1, 0.15) is 18.1 Å². The highest BCUT2D eigenvalue weighted by Gasteiger charge is 2.19. The van der Waals surface area contributed by atoms with Gasteiger partial charge in [0, 0.05) is 44.4 Å². The Morgan fingerprint density at radius 3 is 2.52 bits per heavy atom. The van der Waals surface area contributed by atoms with Crippen molar-refractivity contribution in [2.24, 2.45) is 0 Å². The Bertz CT molecular complexity index is 632. The van der Waals surface area contributed by atoms with Crippen LogP contribution in [0.3, 0.4) is 0 Å². The fraction of sp³-hybridized carbons (Fsp3) is 0.294. The minimum atomic E-state index is -0.592. The second kappa shape index (κ2) is 8.63. The second-order valence-electron chi connectivity index (χ2n) is 5.03. The third kappa shape index (κ3) is 5.18. The van der Waals surface area contributed by atoms with Crippen molar-refractivity contribution in [3.63, 3.8) is 0 Å². The van der Waals surface area contributed by atoms with Crippen molar-refractivity contribution in [2.75, 3.05) is 13.1 Å². The maximum atomic E-state index is 12.2. The largest absolute Gasteiger partial charge is 0.344 e. The van der Waals surface area contributed by atoms with Crippen LogP contribution in [-0.4, -0.2) is 39.8 Å². The lowest BCUT2D eigenvalue weighted by Crippen LogP contribution is -2.43. The molecule has 2 amide bonds. The summed E-state index contributed by atoms with van der Waals surface area (Å²) in [4.78, 5) is 33.7. The van der Waals surface area contributed by atoms with E-state index in [4.69, 9.17) is 0 Å². The highest BCUT2D eigenvalue weighted by atomic mass is 16.2. The number of amides is 2. The van der Waals surface area contributed by atoms with Crippen LogP contribution in [0.15, 0.2) is 49.1 Å². The van der Waals surface area contributed by atoms with Crippen LogP contribution in [0.4, 0.5) is 0 Å². The normalized spacial score (nSPS) is 10.1. The molecule has 1 N–H and O–H groups in total. The summed E-state index contributed by atoms with van der Waals surface area (Å²) in [6, 6.07) is 7.44. The van der Waals surface area contributed by atoms with Crippen LogP contribution in [0.2, 0.25) is 0 Å². The van der Waals surface area contributed by atoms with Gasteiger partial charge in [0.15, 0.2) is 0 Å². The van der Waals surface area contributed by atoms with Gasteiger partial charge in [-0.05, 0) is 42.7 Å². The van der Waals surface area contributed by atoms with Gasteiger partial charge in [-0.15, -0.1) is 0 Å². The van der Waals surface area contributed by atoms with Gasteiger partial charge in [-0.2, -0.15) is 0 Å². The molecule has 0 radical (unpaired) electrons. The maximum Gasteiger partial charge on any atom is 0.311 e. The molecule has 0 fully saturated rings.